The molecule has 0 aliphatic rings. The van der Waals surface area contributed by atoms with Crippen LogP contribution in [0.15, 0.2) is 60.7 Å². The second kappa shape index (κ2) is 9.18. The van der Waals surface area contributed by atoms with Crippen LogP contribution in [-0.2, 0) is 14.3 Å². The summed E-state index contributed by atoms with van der Waals surface area (Å²) in [6, 6.07) is 20.7. The molecule has 2 atom stereocenters. The summed E-state index contributed by atoms with van der Waals surface area (Å²) in [6.07, 6.45) is -1.02. The second-order valence-electron chi connectivity index (χ2n) is 7.29. The SMILES string of the molecule is CC(C)[C@@](C)(C#N)NC(=O)[C@@H](C)OC(=O)C(c1ccccc1)c1ccccc1. The number of nitrogens with zero attached hydrogens (tertiary/aromatic N) is 1. The number of amides is 1. The maximum atomic E-state index is 13.0. The normalized spacial score (nSPS) is 14.0. The lowest BCUT2D eigenvalue weighted by molar-refractivity contribution is -0.156. The number of hydrogen-bond acceptors (Lipinski definition) is 4. The molecule has 2 rings (SSSR count). The van der Waals surface area contributed by atoms with E-state index < -0.39 is 29.4 Å². The fraction of sp³-hybridized carbons (Fsp3) is 0.348. The van der Waals surface area contributed by atoms with E-state index in [-0.39, 0.29) is 5.92 Å². The van der Waals surface area contributed by atoms with Crippen LogP contribution in [-0.4, -0.2) is 23.5 Å². The Morgan fingerprint density at radius 1 is 0.964 bits per heavy atom. The lowest BCUT2D eigenvalue weighted by Crippen LogP contribution is -2.52. The van der Waals surface area contributed by atoms with Gasteiger partial charge in [0.25, 0.3) is 5.91 Å². The van der Waals surface area contributed by atoms with Gasteiger partial charge in [-0.25, -0.2) is 0 Å². The van der Waals surface area contributed by atoms with Gasteiger partial charge in [0.15, 0.2) is 6.10 Å². The van der Waals surface area contributed by atoms with Gasteiger partial charge in [-0.05, 0) is 30.9 Å². The number of carbonyl (C=O) groups excluding carboxylic acids is 2. The Kier molecular flexibility index (Phi) is 6.94. The van der Waals surface area contributed by atoms with E-state index in [9.17, 15) is 14.9 Å². The number of carbonyl (C=O) groups is 2. The van der Waals surface area contributed by atoms with Gasteiger partial charge in [-0.15, -0.1) is 0 Å². The van der Waals surface area contributed by atoms with Crippen molar-refractivity contribution in [2.45, 2.75) is 45.3 Å². The maximum Gasteiger partial charge on any atom is 0.318 e. The zero-order valence-electron chi connectivity index (χ0n) is 16.7. The van der Waals surface area contributed by atoms with Gasteiger partial charge in [-0.2, -0.15) is 5.26 Å². The van der Waals surface area contributed by atoms with E-state index in [0.717, 1.165) is 11.1 Å². The van der Waals surface area contributed by atoms with E-state index in [4.69, 9.17) is 4.74 Å². The summed E-state index contributed by atoms with van der Waals surface area (Å²) < 4.78 is 5.49. The molecule has 2 aromatic rings. The molecule has 1 N–H and O–H groups in total. The van der Waals surface area contributed by atoms with Crippen molar-refractivity contribution in [2.75, 3.05) is 0 Å². The minimum atomic E-state index is -1.03. The van der Waals surface area contributed by atoms with Crippen LogP contribution in [0, 0.1) is 17.2 Å². The van der Waals surface area contributed by atoms with Crippen molar-refractivity contribution in [3.8, 4) is 6.07 Å². The Morgan fingerprint density at radius 2 is 1.43 bits per heavy atom. The average molecular weight is 378 g/mol. The molecule has 146 valence electrons. The van der Waals surface area contributed by atoms with Gasteiger partial charge in [-0.3, -0.25) is 9.59 Å². The summed E-state index contributed by atoms with van der Waals surface area (Å²) in [5, 5.41) is 12.1. The molecule has 1 amide bonds. The molecule has 0 saturated heterocycles. The minimum Gasteiger partial charge on any atom is -0.452 e. The Bertz CT molecular complexity index is 804. The van der Waals surface area contributed by atoms with Crippen LogP contribution in [0.4, 0.5) is 0 Å². The van der Waals surface area contributed by atoms with Crippen molar-refractivity contribution in [2.24, 2.45) is 5.92 Å². The summed E-state index contributed by atoms with van der Waals surface area (Å²) in [7, 11) is 0. The summed E-state index contributed by atoms with van der Waals surface area (Å²) in [4.78, 5) is 25.5. The van der Waals surface area contributed by atoms with Crippen LogP contribution in [0.25, 0.3) is 0 Å². The number of ether oxygens (including phenoxy) is 1. The zero-order valence-corrected chi connectivity index (χ0v) is 16.7. The highest BCUT2D eigenvalue weighted by Gasteiger charge is 2.34. The standard InChI is InChI=1S/C23H26N2O3/c1-16(2)23(4,15-24)25-21(26)17(3)28-22(27)20(18-11-7-5-8-12-18)19-13-9-6-10-14-19/h5-14,16-17,20H,1-4H3,(H,25,26)/t17-,23-/m1/s1. The quantitative estimate of drug-likeness (QED) is 0.743. The highest BCUT2D eigenvalue weighted by atomic mass is 16.5. The first-order valence-electron chi connectivity index (χ1n) is 9.32. The number of nitriles is 1. The Labute approximate surface area is 166 Å². The summed E-state index contributed by atoms with van der Waals surface area (Å²) in [5.41, 5.74) is 0.543. The summed E-state index contributed by atoms with van der Waals surface area (Å²) in [5.74, 6) is -1.73. The van der Waals surface area contributed by atoms with E-state index in [1.54, 1.807) is 6.92 Å². The second-order valence-corrected chi connectivity index (χ2v) is 7.29. The van der Waals surface area contributed by atoms with Crippen molar-refractivity contribution in [1.29, 1.82) is 5.26 Å². The molecule has 0 heterocycles. The molecule has 0 aromatic heterocycles. The molecule has 0 saturated carbocycles. The molecule has 0 radical (unpaired) electrons. The number of rotatable bonds is 7. The molecular weight excluding hydrogens is 352 g/mol. The maximum absolute atomic E-state index is 13.0. The number of benzene rings is 2. The molecule has 0 spiro atoms. The molecular formula is C23H26N2O3. The van der Waals surface area contributed by atoms with Gasteiger partial charge in [-0.1, -0.05) is 74.5 Å². The van der Waals surface area contributed by atoms with E-state index in [2.05, 4.69) is 11.4 Å². The van der Waals surface area contributed by atoms with Crippen molar-refractivity contribution in [3.63, 3.8) is 0 Å². The third-order valence-corrected chi connectivity index (χ3v) is 4.93. The van der Waals surface area contributed by atoms with Crippen LogP contribution in [0.3, 0.4) is 0 Å². The van der Waals surface area contributed by atoms with Gasteiger partial charge in [0.1, 0.15) is 11.5 Å². The molecule has 0 bridgehead atoms. The number of esters is 1. The van der Waals surface area contributed by atoms with Gasteiger partial charge in [0.05, 0.1) is 6.07 Å². The summed E-state index contributed by atoms with van der Waals surface area (Å²) >= 11 is 0. The summed E-state index contributed by atoms with van der Waals surface area (Å²) in [6.45, 7) is 6.86. The molecule has 5 heteroatoms. The van der Waals surface area contributed by atoms with Gasteiger partial charge >= 0.3 is 5.97 Å². The van der Waals surface area contributed by atoms with Crippen molar-refractivity contribution in [3.05, 3.63) is 71.8 Å². The highest BCUT2D eigenvalue weighted by molar-refractivity contribution is 5.87. The third kappa shape index (κ3) is 4.98. The molecule has 28 heavy (non-hydrogen) atoms. The first kappa shape index (κ1) is 21.2. The van der Waals surface area contributed by atoms with Gasteiger partial charge in [0.2, 0.25) is 0 Å². The lowest BCUT2D eigenvalue weighted by Gasteiger charge is -2.29. The fourth-order valence-corrected chi connectivity index (χ4v) is 2.71. The molecule has 2 aromatic carbocycles. The lowest BCUT2D eigenvalue weighted by atomic mass is 9.90. The highest BCUT2D eigenvalue weighted by Crippen LogP contribution is 2.26. The predicted molar refractivity (Wildman–Crippen MR) is 107 cm³/mol. The zero-order chi connectivity index (χ0) is 20.7. The van der Waals surface area contributed by atoms with Gasteiger partial charge < -0.3 is 10.1 Å². The van der Waals surface area contributed by atoms with Crippen LogP contribution in [0.1, 0.15) is 44.7 Å². The molecule has 0 aliphatic carbocycles. The smallest absolute Gasteiger partial charge is 0.318 e. The molecule has 0 aliphatic heterocycles. The Hall–Kier alpha value is -3.13. The van der Waals surface area contributed by atoms with Crippen molar-refractivity contribution >= 4 is 11.9 Å². The van der Waals surface area contributed by atoms with Crippen molar-refractivity contribution < 1.29 is 14.3 Å². The van der Waals surface area contributed by atoms with Crippen LogP contribution in [0.2, 0.25) is 0 Å². The third-order valence-electron chi connectivity index (χ3n) is 4.93. The number of hydrogen-bond donors (Lipinski definition) is 1. The molecule has 0 unspecified atom stereocenters. The molecule has 5 nitrogen and oxygen atoms in total. The van der Waals surface area contributed by atoms with E-state index in [1.807, 2.05) is 74.5 Å². The van der Waals surface area contributed by atoms with Crippen molar-refractivity contribution in [1.82, 2.24) is 5.32 Å². The average Bonchev–Trinajstić information content (AvgIpc) is 2.69. The predicted octanol–water partition coefficient (Wildman–Crippen LogP) is 3.80. The van der Waals surface area contributed by atoms with Crippen LogP contribution < -0.4 is 5.32 Å². The minimum absolute atomic E-state index is 0.0919. The largest absolute Gasteiger partial charge is 0.452 e. The fourth-order valence-electron chi connectivity index (χ4n) is 2.71. The number of nitrogens with one attached hydrogen (secondary N) is 1. The van der Waals surface area contributed by atoms with E-state index in [0.29, 0.717) is 0 Å². The topological polar surface area (TPSA) is 79.2 Å². The van der Waals surface area contributed by atoms with Gasteiger partial charge in [0, 0.05) is 0 Å². The first-order valence-corrected chi connectivity index (χ1v) is 9.32. The first-order chi connectivity index (χ1) is 13.3. The Balaban J connectivity index is 2.20. The van der Waals surface area contributed by atoms with Crippen LogP contribution in [0.5, 0.6) is 0 Å². The van der Waals surface area contributed by atoms with Crippen LogP contribution >= 0.6 is 0 Å². The van der Waals surface area contributed by atoms with E-state index in [1.165, 1.54) is 6.92 Å². The van der Waals surface area contributed by atoms with E-state index >= 15 is 0 Å². The Morgan fingerprint density at radius 3 is 1.82 bits per heavy atom. The molecule has 0 fully saturated rings. The monoisotopic (exact) mass is 378 g/mol.